The van der Waals surface area contributed by atoms with Crippen LogP contribution < -0.4 is 0 Å². The Morgan fingerprint density at radius 3 is 2.68 bits per heavy atom. The Balaban J connectivity index is 1.80. The Bertz CT molecular complexity index is 1220. The molecule has 2 N–H and O–H groups in total. The molecule has 0 spiro atoms. The van der Waals surface area contributed by atoms with E-state index >= 15 is 0 Å². The summed E-state index contributed by atoms with van der Waals surface area (Å²) in [5.41, 5.74) is 0.310. The number of halogens is 2. The van der Waals surface area contributed by atoms with Crippen LogP contribution in [0.15, 0.2) is 36.8 Å². The van der Waals surface area contributed by atoms with Gasteiger partial charge < -0.3 is 10.2 Å². The summed E-state index contributed by atoms with van der Waals surface area (Å²) in [7, 11) is 0. The Morgan fingerprint density at radius 2 is 1.96 bits per heavy atom. The number of carbonyl (C=O) groups is 1. The SMILES string of the molecule is C[C@@H](c1cc(F)ccc1F)n1ncc2nc(-n3cc(C(=O)O)cn3)nc(O)c21. The Hall–Kier alpha value is -3.89. The molecule has 0 aliphatic carbocycles. The average Bonchev–Trinajstić information content (AvgIpc) is 3.30. The van der Waals surface area contributed by atoms with Crippen LogP contribution >= 0.6 is 0 Å². The molecule has 0 fully saturated rings. The molecule has 28 heavy (non-hydrogen) atoms. The molecule has 0 unspecified atom stereocenters. The molecular formula is C17H12F2N6O3. The van der Waals surface area contributed by atoms with Crippen molar-refractivity contribution in [2.45, 2.75) is 13.0 Å². The normalized spacial score (nSPS) is 12.4. The van der Waals surface area contributed by atoms with E-state index in [-0.39, 0.29) is 28.1 Å². The molecule has 1 aromatic carbocycles. The predicted octanol–water partition coefficient (Wildman–Crippen LogP) is 2.30. The van der Waals surface area contributed by atoms with Gasteiger partial charge in [-0.25, -0.2) is 23.2 Å². The predicted molar refractivity (Wildman–Crippen MR) is 91.2 cm³/mol. The number of benzene rings is 1. The van der Waals surface area contributed by atoms with Gasteiger partial charge in [0.15, 0.2) is 0 Å². The monoisotopic (exact) mass is 386 g/mol. The summed E-state index contributed by atoms with van der Waals surface area (Å²) in [4.78, 5) is 19.1. The molecule has 142 valence electrons. The lowest BCUT2D eigenvalue weighted by Gasteiger charge is -2.15. The van der Waals surface area contributed by atoms with Crippen LogP contribution in [0.3, 0.4) is 0 Å². The fraction of sp³-hybridized carbons (Fsp3) is 0.118. The third-order valence-electron chi connectivity index (χ3n) is 4.22. The van der Waals surface area contributed by atoms with Crippen molar-refractivity contribution < 1.29 is 23.8 Å². The van der Waals surface area contributed by atoms with Crippen molar-refractivity contribution >= 4 is 17.0 Å². The van der Waals surface area contributed by atoms with E-state index in [4.69, 9.17) is 5.11 Å². The van der Waals surface area contributed by atoms with Gasteiger partial charge in [-0.3, -0.25) is 4.68 Å². The number of aromatic carboxylic acids is 1. The lowest BCUT2D eigenvalue weighted by Crippen LogP contribution is -2.11. The van der Waals surface area contributed by atoms with Crippen molar-refractivity contribution in [1.29, 1.82) is 0 Å². The molecule has 1 atom stereocenters. The van der Waals surface area contributed by atoms with Crippen LogP contribution in [-0.4, -0.2) is 45.7 Å². The van der Waals surface area contributed by atoms with Gasteiger partial charge in [-0.2, -0.15) is 15.2 Å². The molecule has 0 amide bonds. The molecule has 0 radical (unpaired) electrons. The van der Waals surface area contributed by atoms with Crippen molar-refractivity contribution in [3.63, 3.8) is 0 Å². The fourth-order valence-electron chi connectivity index (χ4n) is 2.84. The maximum atomic E-state index is 14.1. The van der Waals surface area contributed by atoms with Crippen molar-refractivity contribution in [2.75, 3.05) is 0 Å². The highest BCUT2D eigenvalue weighted by molar-refractivity contribution is 5.87. The summed E-state index contributed by atoms with van der Waals surface area (Å²) in [5, 5.41) is 27.3. The Morgan fingerprint density at radius 1 is 1.18 bits per heavy atom. The van der Waals surface area contributed by atoms with Gasteiger partial charge in [0.05, 0.1) is 24.0 Å². The first-order valence-electron chi connectivity index (χ1n) is 8.02. The topological polar surface area (TPSA) is 119 Å². The van der Waals surface area contributed by atoms with E-state index in [9.17, 15) is 18.7 Å². The number of rotatable bonds is 4. The highest BCUT2D eigenvalue weighted by Gasteiger charge is 2.21. The summed E-state index contributed by atoms with van der Waals surface area (Å²) in [6.45, 7) is 1.59. The van der Waals surface area contributed by atoms with E-state index in [0.29, 0.717) is 0 Å². The number of aromatic hydroxyl groups is 1. The standard InChI is InChI=1S/C17H12F2N6O3/c1-8(11-4-10(18)2-3-12(11)19)25-14-13(6-21-25)22-17(23-15(14)26)24-7-9(5-20-24)16(27)28/h2-8H,1H3,(H,27,28)(H,22,23,26)/t8-/m0/s1. The van der Waals surface area contributed by atoms with Gasteiger partial charge in [0.1, 0.15) is 22.7 Å². The van der Waals surface area contributed by atoms with Crippen molar-refractivity contribution in [3.8, 4) is 11.8 Å². The van der Waals surface area contributed by atoms with Gasteiger partial charge in [0.25, 0.3) is 5.95 Å². The van der Waals surface area contributed by atoms with Crippen LogP contribution in [0.5, 0.6) is 5.88 Å². The van der Waals surface area contributed by atoms with Crippen LogP contribution in [-0.2, 0) is 0 Å². The zero-order valence-corrected chi connectivity index (χ0v) is 14.3. The van der Waals surface area contributed by atoms with E-state index in [1.807, 2.05) is 0 Å². The Labute approximate surface area is 155 Å². The zero-order valence-electron chi connectivity index (χ0n) is 14.3. The molecule has 11 heteroatoms. The highest BCUT2D eigenvalue weighted by Crippen LogP contribution is 2.29. The van der Waals surface area contributed by atoms with Crippen LogP contribution in [0.2, 0.25) is 0 Å². The Kier molecular flexibility index (Phi) is 3.99. The van der Waals surface area contributed by atoms with Gasteiger partial charge in [-0.05, 0) is 25.1 Å². The molecule has 0 aliphatic rings. The lowest BCUT2D eigenvalue weighted by atomic mass is 10.1. The minimum atomic E-state index is -1.17. The summed E-state index contributed by atoms with van der Waals surface area (Å²) >= 11 is 0. The molecule has 0 saturated heterocycles. The van der Waals surface area contributed by atoms with E-state index < -0.39 is 29.5 Å². The van der Waals surface area contributed by atoms with E-state index in [1.165, 1.54) is 17.1 Å². The molecule has 9 nitrogen and oxygen atoms in total. The van der Waals surface area contributed by atoms with Gasteiger partial charge in [0.2, 0.25) is 5.88 Å². The second-order valence-corrected chi connectivity index (χ2v) is 5.99. The highest BCUT2D eigenvalue weighted by atomic mass is 19.1. The largest absolute Gasteiger partial charge is 0.492 e. The van der Waals surface area contributed by atoms with Gasteiger partial charge in [-0.1, -0.05) is 0 Å². The number of fused-ring (bicyclic) bond motifs is 1. The number of carboxylic acids is 1. The molecule has 3 heterocycles. The van der Waals surface area contributed by atoms with Crippen LogP contribution in [0.25, 0.3) is 17.0 Å². The first kappa shape index (κ1) is 17.5. The van der Waals surface area contributed by atoms with Gasteiger partial charge in [-0.15, -0.1) is 0 Å². The van der Waals surface area contributed by atoms with Gasteiger partial charge >= 0.3 is 5.97 Å². The quantitative estimate of drug-likeness (QED) is 0.552. The maximum absolute atomic E-state index is 14.1. The molecule has 0 bridgehead atoms. The first-order chi connectivity index (χ1) is 13.3. The van der Waals surface area contributed by atoms with Crippen molar-refractivity contribution in [2.24, 2.45) is 0 Å². The van der Waals surface area contributed by atoms with Crippen molar-refractivity contribution in [3.05, 3.63) is 59.6 Å². The summed E-state index contributed by atoms with van der Waals surface area (Å²) in [6, 6.07) is 2.32. The summed E-state index contributed by atoms with van der Waals surface area (Å²) in [5.74, 6) is -2.92. The summed E-state index contributed by atoms with van der Waals surface area (Å²) in [6.07, 6.45) is 3.64. The van der Waals surface area contributed by atoms with Gasteiger partial charge in [0, 0.05) is 11.8 Å². The minimum Gasteiger partial charge on any atom is -0.492 e. The van der Waals surface area contributed by atoms with E-state index in [2.05, 4.69) is 20.2 Å². The molecule has 4 rings (SSSR count). The minimum absolute atomic E-state index is 0.0478. The molecule has 4 aromatic rings. The number of hydrogen-bond acceptors (Lipinski definition) is 6. The third-order valence-corrected chi connectivity index (χ3v) is 4.22. The zero-order chi connectivity index (χ0) is 20.0. The van der Waals surface area contributed by atoms with Crippen LogP contribution in [0.4, 0.5) is 8.78 Å². The van der Waals surface area contributed by atoms with Crippen molar-refractivity contribution in [1.82, 2.24) is 29.5 Å². The number of carboxylic acid groups (broad SMARTS) is 1. The molecular weight excluding hydrogens is 374 g/mol. The number of aromatic nitrogens is 6. The number of nitrogens with zero attached hydrogens (tertiary/aromatic N) is 6. The fourth-order valence-corrected chi connectivity index (χ4v) is 2.84. The second-order valence-electron chi connectivity index (χ2n) is 5.99. The molecule has 0 saturated carbocycles. The first-order valence-corrected chi connectivity index (χ1v) is 8.02. The maximum Gasteiger partial charge on any atom is 0.338 e. The summed E-state index contributed by atoms with van der Waals surface area (Å²) < 4.78 is 30.0. The van der Waals surface area contributed by atoms with Crippen LogP contribution in [0.1, 0.15) is 28.9 Å². The lowest BCUT2D eigenvalue weighted by molar-refractivity contribution is 0.0697. The number of hydrogen-bond donors (Lipinski definition) is 2. The molecule has 0 aliphatic heterocycles. The van der Waals surface area contributed by atoms with E-state index in [1.54, 1.807) is 6.92 Å². The van der Waals surface area contributed by atoms with Crippen LogP contribution in [0, 0.1) is 11.6 Å². The molecule has 3 aromatic heterocycles. The average molecular weight is 386 g/mol. The smallest absolute Gasteiger partial charge is 0.338 e. The second kappa shape index (κ2) is 6.37. The third kappa shape index (κ3) is 2.82. The van der Waals surface area contributed by atoms with E-state index in [0.717, 1.165) is 29.1 Å².